The number of hydrogen-bond donors (Lipinski definition) is 0. The molecule has 0 fully saturated rings. The smallest absolute Gasteiger partial charge is 0.145 e. The molecular weight excluding hydrogens is 315 g/mol. The van der Waals surface area contributed by atoms with Gasteiger partial charge in [0.25, 0.3) is 0 Å². The maximum atomic E-state index is 13.9. The van der Waals surface area contributed by atoms with Crippen LogP contribution in [0.2, 0.25) is 0 Å². The van der Waals surface area contributed by atoms with E-state index in [0.717, 1.165) is 0 Å². The minimum atomic E-state index is -1.44. The van der Waals surface area contributed by atoms with E-state index in [0.29, 0.717) is 29.0 Å². The highest BCUT2D eigenvalue weighted by molar-refractivity contribution is 7.85. The second-order valence-corrected chi connectivity index (χ2v) is 8.95. The molecule has 0 aromatic heterocycles. The van der Waals surface area contributed by atoms with E-state index in [4.69, 9.17) is 10.00 Å². The Morgan fingerprint density at radius 1 is 1.52 bits per heavy atom. The van der Waals surface area contributed by atoms with Crippen molar-refractivity contribution in [3.05, 3.63) is 29.1 Å². The number of rotatable bonds is 3. The van der Waals surface area contributed by atoms with E-state index in [1.807, 2.05) is 27.7 Å². The fourth-order valence-electron chi connectivity index (χ4n) is 2.43. The van der Waals surface area contributed by atoms with Crippen LogP contribution in [0, 0.1) is 17.1 Å². The minimum Gasteiger partial charge on any atom is -0.485 e. The Kier molecular flexibility index (Phi) is 4.63. The van der Waals surface area contributed by atoms with Gasteiger partial charge in [0.1, 0.15) is 28.2 Å². The third kappa shape index (κ3) is 3.78. The first-order valence-electron chi connectivity index (χ1n) is 7.42. The average molecular weight is 336 g/mol. The van der Waals surface area contributed by atoms with Crippen molar-refractivity contribution in [2.45, 2.75) is 57.8 Å². The van der Waals surface area contributed by atoms with Gasteiger partial charge >= 0.3 is 0 Å². The monoisotopic (exact) mass is 336 g/mol. The van der Waals surface area contributed by atoms with Crippen LogP contribution in [0.5, 0.6) is 5.75 Å². The van der Waals surface area contributed by atoms with E-state index < -0.39 is 21.3 Å². The maximum Gasteiger partial charge on any atom is 0.145 e. The Bertz CT molecular complexity index is 731. The molecule has 0 saturated heterocycles. The highest BCUT2D eigenvalue weighted by Gasteiger charge is 2.37. The van der Waals surface area contributed by atoms with Crippen molar-refractivity contribution >= 4 is 16.7 Å². The lowest BCUT2D eigenvalue weighted by Gasteiger charge is -2.21. The molecule has 1 aromatic carbocycles. The summed E-state index contributed by atoms with van der Waals surface area (Å²) >= 11 is 0. The largest absolute Gasteiger partial charge is 0.485 e. The SMILES string of the molecule is C/C(=N\[S@](=O)C(C)(C)C)c1cc(F)cc2c1OC(C)(CC#N)C2. The lowest BCUT2D eigenvalue weighted by atomic mass is 9.95. The van der Waals surface area contributed by atoms with Crippen LogP contribution < -0.4 is 4.74 Å². The van der Waals surface area contributed by atoms with Crippen LogP contribution in [0.25, 0.3) is 0 Å². The normalized spacial score (nSPS) is 22.2. The summed E-state index contributed by atoms with van der Waals surface area (Å²) in [6.07, 6.45) is 0.684. The van der Waals surface area contributed by atoms with Crippen molar-refractivity contribution < 1.29 is 13.3 Å². The summed E-state index contributed by atoms with van der Waals surface area (Å²) in [5.74, 6) is 0.149. The first-order valence-corrected chi connectivity index (χ1v) is 8.52. The number of ether oxygens (including phenoxy) is 1. The third-order valence-electron chi connectivity index (χ3n) is 3.63. The first-order chi connectivity index (χ1) is 10.6. The molecule has 1 aromatic rings. The second kappa shape index (κ2) is 6.04. The van der Waals surface area contributed by atoms with Gasteiger partial charge in [-0.2, -0.15) is 9.66 Å². The van der Waals surface area contributed by atoms with Crippen LogP contribution in [0.4, 0.5) is 4.39 Å². The lowest BCUT2D eigenvalue weighted by molar-refractivity contribution is 0.121. The quantitative estimate of drug-likeness (QED) is 0.791. The highest BCUT2D eigenvalue weighted by atomic mass is 32.2. The number of hydrogen-bond acceptors (Lipinski definition) is 3. The van der Waals surface area contributed by atoms with Crippen LogP contribution in [0.15, 0.2) is 16.5 Å². The molecule has 1 heterocycles. The standard InChI is InChI=1S/C17H21FN2O2S/c1-11(20-23(21)16(2,3)4)14-9-13(18)8-12-10-17(5,6-7-19)22-15(12)14/h8-9H,6,10H2,1-5H3/b20-11+/t17?,23-/m1/s1. The van der Waals surface area contributed by atoms with Crippen molar-refractivity contribution in [2.24, 2.45) is 4.40 Å². The summed E-state index contributed by atoms with van der Waals surface area (Å²) < 4.78 is 35.8. The molecule has 124 valence electrons. The number of halogens is 1. The fraction of sp³-hybridized carbons (Fsp3) is 0.529. The molecule has 0 bridgehead atoms. The molecule has 23 heavy (non-hydrogen) atoms. The summed E-state index contributed by atoms with van der Waals surface area (Å²) in [5, 5.41) is 8.94. The molecule has 1 aliphatic heterocycles. The Labute approximate surface area is 139 Å². The molecule has 6 heteroatoms. The van der Waals surface area contributed by atoms with Gasteiger partial charge < -0.3 is 4.74 Å². The summed E-state index contributed by atoms with van der Waals surface area (Å²) in [7, 11) is -1.44. The van der Waals surface area contributed by atoms with E-state index in [-0.39, 0.29) is 12.2 Å². The van der Waals surface area contributed by atoms with Gasteiger partial charge in [-0.25, -0.2) is 8.60 Å². The fourth-order valence-corrected chi connectivity index (χ4v) is 3.05. The molecule has 0 aliphatic carbocycles. The predicted molar refractivity (Wildman–Crippen MR) is 89.5 cm³/mol. The van der Waals surface area contributed by atoms with Crippen LogP contribution >= 0.6 is 0 Å². The van der Waals surface area contributed by atoms with Crippen LogP contribution in [-0.4, -0.2) is 20.3 Å². The molecule has 1 unspecified atom stereocenters. The summed E-state index contributed by atoms with van der Waals surface area (Å²) in [4.78, 5) is 0. The Morgan fingerprint density at radius 2 is 2.17 bits per heavy atom. The minimum absolute atomic E-state index is 0.215. The maximum absolute atomic E-state index is 13.9. The van der Waals surface area contributed by atoms with E-state index >= 15 is 0 Å². The number of benzene rings is 1. The van der Waals surface area contributed by atoms with Gasteiger partial charge in [-0.1, -0.05) is 0 Å². The Morgan fingerprint density at radius 3 is 2.74 bits per heavy atom. The summed E-state index contributed by atoms with van der Waals surface area (Å²) in [6.45, 7) is 9.02. The van der Waals surface area contributed by atoms with Crippen molar-refractivity contribution in [1.29, 1.82) is 5.26 Å². The molecule has 2 atom stereocenters. The third-order valence-corrected chi connectivity index (χ3v) is 5.12. The molecule has 0 N–H and O–H groups in total. The highest BCUT2D eigenvalue weighted by Crippen LogP contribution is 2.40. The molecule has 4 nitrogen and oxygen atoms in total. The van der Waals surface area contributed by atoms with E-state index in [2.05, 4.69) is 10.5 Å². The number of nitriles is 1. The van der Waals surface area contributed by atoms with Crippen molar-refractivity contribution in [3.8, 4) is 11.8 Å². The topological polar surface area (TPSA) is 62.4 Å². The predicted octanol–water partition coefficient (Wildman–Crippen LogP) is 3.70. The van der Waals surface area contributed by atoms with Gasteiger partial charge in [0.2, 0.25) is 0 Å². The van der Waals surface area contributed by atoms with Gasteiger partial charge in [0.15, 0.2) is 0 Å². The molecule has 0 saturated carbocycles. The molecular formula is C17H21FN2O2S. The Balaban J connectivity index is 2.46. The zero-order valence-electron chi connectivity index (χ0n) is 14.1. The molecule has 0 radical (unpaired) electrons. The van der Waals surface area contributed by atoms with Crippen LogP contribution in [-0.2, 0) is 17.4 Å². The molecule has 1 aliphatic rings. The molecule has 0 spiro atoms. The second-order valence-electron chi connectivity index (χ2n) is 7.04. The molecule has 0 amide bonds. The number of nitrogens with zero attached hydrogens (tertiary/aromatic N) is 2. The van der Waals surface area contributed by atoms with Gasteiger partial charge in [0, 0.05) is 17.5 Å². The lowest BCUT2D eigenvalue weighted by Crippen LogP contribution is -2.29. The molecule has 2 rings (SSSR count). The van der Waals surface area contributed by atoms with Gasteiger partial charge in [-0.3, -0.25) is 0 Å². The van der Waals surface area contributed by atoms with Crippen molar-refractivity contribution in [3.63, 3.8) is 0 Å². The zero-order valence-corrected chi connectivity index (χ0v) is 14.9. The van der Waals surface area contributed by atoms with Crippen LogP contribution in [0.1, 0.15) is 52.2 Å². The zero-order chi connectivity index (χ0) is 17.4. The average Bonchev–Trinajstić information content (AvgIpc) is 2.72. The van der Waals surface area contributed by atoms with Crippen LogP contribution in [0.3, 0.4) is 0 Å². The number of fused-ring (bicyclic) bond motifs is 1. The van der Waals surface area contributed by atoms with Crippen molar-refractivity contribution in [2.75, 3.05) is 0 Å². The van der Waals surface area contributed by atoms with Crippen molar-refractivity contribution in [1.82, 2.24) is 0 Å². The van der Waals surface area contributed by atoms with Gasteiger partial charge in [-0.05, 0) is 46.8 Å². The van der Waals surface area contributed by atoms with E-state index in [1.54, 1.807) is 6.92 Å². The summed E-state index contributed by atoms with van der Waals surface area (Å²) in [5.41, 5.74) is 1.02. The van der Waals surface area contributed by atoms with E-state index in [1.165, 1.54) is 12.1 Å². The van der Waals surface area contributed by atoms with Gasteiger partial charge in [0.05, 0.1) is 22.9 Å². The first kappa shape index (κ1) is 17.6. The van der Waals surface area contributed by atoms with E-state index in [9.17, 15) is 8.60 Å². The summed E-state index contributed by atoms with van der Waals surface area (Å²) in [6, 6.07) is 4.87. The Hall–Kier alpha value is -1.74. The van der Waals surface area contributed by atoms with Gasteiger partial charge in [-0.15, -0.1) is 0 Å².